The van der Waals surface area contributed by atoms with Gasteiger partial charge in [0.05, 0.1) is 42.6 Å². The summed E-state index contributed by atoms with van der Waals surface area (Å²) in [5.74, 6) is 2.31. The highest BCUT2D eigenvalue weighted by molar-refractivity contribution is 6.07. The Labute approximate surface area is 322 Å². The fourth-order valence-electron chi connectivity index (χ4n) is 7.93. The summed E-state index contributed by atoms with van der Waals surface area (Å²) in [6.45, 7) is 11.8. The molecule has 7 rings (SSSR count). The number of methoxy groups -OCH3 is 1. The molecule has 1 fully saturated rings. The number of amides is 3. The molecule has 0 radical (unpaired) electrons. The van der Waals surface area contributed by atoms with Crippen LogP contribution in [0.4, 0.5) is 4.79 Å². The molecule has 2 aromatic heterocycles. The molecular formula is C43H53N7O5. The lowest BCUT2D eigenvalue weighted by molar-refractivity contribution is -0.136. The van der Waals surface area contributed by atoms with Crippen molar-refractivity contribution < 1.29 is 23.9 Å². The van der Waals surface area contributed by atoms with Crippen LogP contribution in [-0.4, -0.2) is 73.4 Å². The maximum absolute atomic E-state index is 13.9. The van der Waals surface area contributed by atoms with E-state index in [1.807, 2.05) is 35.9 Å². The number of nitrogens with zero attached hydrogens (tertiary/aromatic N) is 4. The van der Waals surface area contributed by atoms with Crippen molar-refractivity contribution in [3.8, 4) is 28.1 Å². The van der Waals surface area contributed by atoms with Crippen molar-refractivity contribution in [2.45, 2.75) is 111 Å². The molecule has 4 heterocycles. The van der Waals surface area contributed by atoms with Gasteiger partial charge < -0.3 is 34.6 Å². The van der Waals surface area contributed by atoms with Crippen LogP contribution in [0, 0.1) is 5.92 Å². The van der Waals surface area contributed by atoms with E-state index < -0.39 is 12.1 Å². The summed E-state index contributed by atoms with van der Waals surface area (Å²) < 4.78 is 11.2. The highest BCUT2D eigenvalue weighted by atomic mass is 16.5. The van der Waals surface area contributed by atoms with E-state index in [9.17, 15) is 14.4 Å². The van der Waals surface area contributed by atoms with Gasteiger partial charge in [-0.25, -0.2) is 14.8 Å². The first kappa shape index (κ1) is 37.9. The average Bonchev–Trinajstić information content (AvgIpc) is 3.99. The van der Waals surface area contributed by atoms with Gasteiger partial charge in [-0.2, -0.15) is 0 Å². The molecule has 0 unspecified atom stereocenters. The zero-order valence-corrected chi connectivity index (χ0v) is 32.8. The summed E-state index contributed by atoms with van der Waals surface area (Å²) >= 11 is 0. The number of ether oxygens (including phenoxy) is 2. The molecule has 2 aliphatic heterocycles. The maximum Gasteiger partial charge on any atom is 0.407 e. The minimum atomic E-state index is -0.680. The molecule has 55 heavy (non-hydrogen) atoms. The lowest BCUT2D eigenvalue weighted by atomic mass is 9.92. The monoisotopic (exact) mass is 747 g/mol. The second-order valence-corrected chi connectivity index (χ2v) is 15.1. The highest BCUT2D eigenvalue weighted by Crippen LogP contribution is 2.43. The second-order valence-electron chi connectivity index (χ2n) is 15.1. The van der Waals surface area contributed by atoms with Gasteiger partial charge in [0.15, 0.2) is 0 Å². The standard InChI is InChI=1S/C43H53N7O5/c1-7-10-13-38(51)50(26(5)9-3)23-37-44-22-34(45-37)28-14-16-30-29(19-28)24-55-36-21-31-27(20-32(30)36)15-17-33-40(31)47-41(46-33)35-12-11-18-49(35)42(52)39(25(4)8-2)48-43(53)54-6/h14-17,19-22,25-26,35,39H,7-13,18,23-24H2,1-6H3,(H,44,45)(H,46,47)(H,48,53)/t25-,26+,35+,39+/m1/s1. The van der Waals surface area contributed by atoms with Gasteiger partial charge in [-0.3, -0.25) is 9.59 Å². The number of imidazole rings is 2. The maximum atomic E-state index is 13.9. The molecule has 0 aliphatic carbocycles. The Morgan fingerprint density at radius 3 is 2.65 bits per heavy atom. The summed E-state index contributed by atoms with van der Waals surface area (Å²) in [4.78, 5) is 59.6. The number of nitrogens with one attached hydrogen (secondary N) is 3. The van der Waals surface area contributed by atoms with Crippen LogP contribution in [0.5, 0.6) is 5.75 Å². The molecule has 1 saturated heterocycles. The Bertz CT molecular complexity index is 2210. The molecule has 0 spiro atoms. The van der Waals surface area contributed by atoms with Crippen molar-refractivity contribution in [2.24, 2.45) is 5.92 Å². The first-order chi connectivity index (χ1) is 26.6. The molecule has 2 aliphatic rings. The van der Waals surface area contributed by atoms with E-state index in [2.05, 4.69) is 77.4 Å². The van der Waals surface area contributed by atoms with Gasteiger partial charge in [0.2, 0.25) is 11.8 Å². The number of aromatic nitrogens is 4. The van der Waals surface area contributed by atoms with Gasteiger partial charge in [0.25, 0.3) is 0 Å². The second kappa shape index (κ2) is 16.1. The van der Waals surface area contributed by atoms with E-state index in [0.717, 1.165) is 106 Å². The molecule has 0 saturated carbocycles. The number of hydrogen-bond donors (Lipinski definition) is 3. The van der Waals surface area contributed by atoms with Crippen molar-refractivity contribution in [1.29, 1.82) is 0 Å². The lowest BCUT2D eigenvalue weighted by Gasteiger charge is -2.30. The van der Waals surface area contributed by atoms with Gasteiger partial charge in [-0.05, 0) is 84.9 Å². The number of unbranched alkanes of at least 4 members (excludes halogenated alkanes) is 1. The Morgan fingerprint density at radius 2 is 1.89 bits per heavy atom. The molecule has 290 valence electrons. The van der Waals surface area contributed by atoms with Crippen LogP contribution in [0.25, 0.3) is 44.2 Å². The van der Waals surface area contributed by atoms with Gasteiger partial charge >= 0.3 is 6.09 Å². The predicted molar refractivity (Wildman–Crippen MR) is 213 cm³/mol. The average molecular weight is 748 g/mol. The summed E-state index contributed by atoms with van der Waals surface area (Å²) in [5, 5.41) is 4.79. The summed E-state index contributed by atoms with van der Waals surface area (Å²) in [5.41, 5.74) is 6.88. The van der Waals surface area contributed by atoms with Crippen LogP contribution >= 0.6 is 0 Å². The number of aromatic amines is 2. The van der Waals surface area contributed by atoms with Gasteiger partial charge in [0.1, 0.15) is 30.0 Å². The van der Waals surface area contributed by atoms with Gasteiger partial charge in [-0.15, -0.1) is 0 Å². The smallest absolute Gasteiger partial charge is 0.407 e. The number of carbonyl (C=O) groups excluding carboxylic acids is 3. The number of likely N-dealkylation sites (tertiary alicyclic amines) is 1. The topological polar surface area (TPSA) is 146 Å². The van der Waals surface area contributed by atoms with Crippen molar-refractivity contribution in [3.63, 3.8) is 0 Å². The highest BCUT2D eigenvalue weighted by Gasteiger charge is 2.38. The first-order valence-electron chi connectivity index (χ1n) is 19.8. The number of fused-ring (bicyclic) bond motifs is 6. The van der Waals surface area contributed by atoms with E-state index in [4.69, 9.17) is 14.5 Å². The normalized spacial score (nSPS) is 16.6. The van der Waals surface area contributed by atoms with E-state index in [0.29, 0.717) is 26.1 Å². The fourth-order valence-corrected chi connectivity index (χ4v) is 7.93. The van der Waals surface area contributed by atoms with Crippen LogP contribution < -0.4 is 10.1 Å². The van der Waals surface area contributed by atoms with Crippen molar-refractivity contribution in [3.05, 3.63) is 65.9 Å². The first-order valence-corrected chi connectivity index (χ1v) is 19.8. The van der Waals surface area contributed by atoms with E-state index in [-0.39, 0.29) is 29.8 Å². The zero-order chi connectivity index (χ0) is 38.8. The minimum Gasteiger partial charge on any atom is -0.488 e. The summed E-state index contributed by atoms with van der Waals surface area (Å²) in [6, 6.07) is 14.0. The number of hydrogen-bond acceptors (Lipinski definition) is 7. The Kier molecular flexibility index (Phi) is 11.1. The van der Waals surface area contributed by atoms with Crippen LogP contribution in [0.1, 0.15) is 103 Å². The SMILES string of the molecule is CCCCC(=O)N(Cc1ncc(-c2ccc3c(c2)COc2cc4c(ccc5[nH]c([C@@H]6CCCN6C(=O)[C@@H](NC(=O)OC)[C@H](C)CC)nc54)cc2-3)[nH]1)[C@@H](C)CC. The molecule has 4 atom stereocenters. The van der Waals surface area contributed by atoms with E-state index in [1.54, 1.807) is 0 Å². The largest absolute Gasteiger partial charge is 0.488 e. The van der Waals surface area contributed by atoms with Crippen LogP contribution in [0.15, 0.2) is 48.7 Å². The minimum absolute atomic E-state index is 0.0579. The number of alkyl carbamates (subject to hydrolysis) is 1. The molecular weight excluding hydrogens is 695 g/mol. The van der Waals surface area contributed by atoms with Crippen LogP contribution in [0.2, 0.25) is 0 Å². The molecule has 0 bridgehead atoms. The molecule has 3 N–H and O–H groups in total. The molecule has 12 heteroatoms. The Hall–Kier alpha value is -5.39. The molecule has 12 nitrogen and oxygen atoms in total. The van der Waals surface area contributed by atoms with Crippen LogP contribution in [0.3, 0.4) is 0 Å². The third kappa shape index (κ3) is 7.51. The quantitative estimate of drug-likeness (QED) is 0.110. The predicted octanol–water partition coefficient (Wildman–Crippen LogP) is 8.42. The van der Waals surface area contributed by atoms with E-state index in [1.165, 1.54) is 7.11 Å². The molecule has 3 amide bonds. The fraction of sp³-hybridized carbons (Fsp3) is 0.465. The molecule has 3 aromatic carbocycles. The van der Waals surface area contributed by atoms with Crippen molar-refractivity contribution in [1.82, 2.24) is 35.1 Å². The number of carbonyl (C=O) groups is 3. The van der Waals surface area contributed by atoms with Crippen LogP contribution in [-0.2, 0) is 27.5 Å². The van der Waals surface area contributed by atoms with Crippen molar-refractivity contribution in [2.75, 3.05) is 13.7 Å². The van der Waals surface area contributed by atoms with Gasteiger partial charge in [-0.1, -0.05) is 58.7 Å². The summed E-state index contributed by atoms with van der Waals surface area (Å²) in [6.07, 6.45) is 6.93. The Balaban J connectivity index is 1.13. The molecule has 5 aromatic rings. The lowest BCUT2D eigenvalue weighted by Crippen LogP contribution is -2.51. The van der Waals surface area contributed by atoms with E-state index >= 15 is 0 Å². The zero-order valence-electron chi connectivity index (χ0n) is 32.8. The van der Waals surface area contributed by atoms with Gasteiger partial charge in [0, 0.05) is 30.0 Å². The number of H-pyrrole nitrogens is 2. The Morgan fingerprint density at radius 1 is 1.05 bits per heavy atom. The third-order valence-electron chi connectivity index (χ3n) is 11.6. The third-order valence-corrected chi connectivity index (χ3v) is 11.6. The number of benzene rings is 3. The van der Waals surface area contributed by atoms with Crippen molar-refractivity contribution >= 4 is 39.7 Å². The number of rotatable bonds is 13. The summed E-state index contributed by atoms with van der Waals surface area (Å²) in [7, 11) is 1.31.